The first-order valence-electron chi connectivity index (χ1n) is 8.51. The van der Waals surface area contributed by atoms with Gasteiger partial charge >= 0.3 is 17.1 Å². The minimum atomic E-state index is 0. The van der Waals surface area contributed by atoms with E-state index < -0.39 is 0 Å². The zero-order valence-electron chi connectivity index (χ0n) is 15.8. The van der Waals surface area contributed by atoms with Gasteiger partial charge in [-0.1, -0.05) is 48.6 Å². The third-order valence-electron chi connectivity index (χ3n) is 3.82. The quantitative estimate of drug-likeness (QED) is 0.286. The van der Waals surface area contributed by atoms with Gasteiger partial charge in [-0.05, 0) is 13.8 Å². The Kier molecular flexibility index (Phi) is 12.8. The summed E-state index contributed by atoms with van der Waals surface area (Å²) in [5.41, 5.74) is 4.44. The molecule has 0 saturated heterocycles. The van der Waals surface area contributed by atoms with E-state index in [0.29, 0.717) is 11.5 Å². The Morgan fingerprint density at radius 3 is 1.04 bits per heavy atom. The minimum absolute atomic E-state index is 0. The van der Waals surface area contributed by atoms with Crippen molar-refractivity contribution < 1.29 is 44.4 Å². The van der Waals surface area contributed by atoms with E-state index in [9.17, 15) is 0 Å². The van der Waals surface area contributed by atoms with Crippen molar-refractivity contribution in [3.63, 3.8) is 0 Å². The Labute approximate surface area is 188 Å². The maximum absolute atomic E-state index is 8.83. The van der Waals surface area contributed by atoms with Crippen molar-refractivity contribution in [2.75, 3.05) is 0 Å². The number of aliphatic hydroxyl groups is 2. The summed E-state index contributed by atoms with van der Waals surface area (Å²) in [5.74, 6) is 0.769. The van der Waals surface area contributed by atoms with Gasteiger partial charge in [-0.15, -0.1) is 0 Å². The van der Waals surface area contributed by atoms with E-state index in [-0.39, 0.29) is 34.1 Å². The number of hydrogen-bond donors (Lipinski definition) is 2. The topological polar surface area (TPSA) is 40.5 Å². The van der Waals surface area contributed by atoms with Gasteiger partial charge in [0.2, 0.25) is 0 Å². The molecule has 0 radical (unpaired) electrons. The summed E-state index contributed by atoms with van der Waals surface area (Å²) in [6, 6.07) is 16.7. The fourth-order valence-electron chi connectivity index (χ4n) is 2.36. The summed E-state index contributed by atoms with van der Waals surface area (Å²) < 4.78 is 0. The predicted octanol–water partition coefficient (Wildman–Crippen LogP) is 6.68. The molecular weight excluding hydrogens is 432 g/mol. The summed E-state index contributed by atoms with van der Waals surface area (Å²) in [5, 5.41) is 17.7. The van der Waals surface area contributed by atoms with Crippen LogP contribution in [0.2, 0.25) is 0 Å². The maximum atomic E-state index is 8.83. The number of aliphatic hydroxyl groups excluding tert-OH is 2. The van der Waals surface area contributed by atoms with E-state index >= 15 is 0 Å². The molecular formula is C24H24Fe2O2. The predicted molar refractivity (Wildman–Crippen MR) is 110 cm³/mol. The fourth-order valence-corrected chi connectivity index (χ4v) is 2.36. The van der Waals surface area contributed by atoms with E-state index in [0.717, 1.165) is 11.1 Å². The molecule has 28 heavy (non-hydrogen) atoms. The van der Waals surface area contributed by atoms with Gasteiger partial charge in [0.15, 0.2) is 0 Å². The molecule has 0 fully saturated rings. The average Bonchev–Trinajstić information content (AvgIpc) is 3.47. The van der Waals surface area contributed by atoms with E-state index in [1.807, 2.05) is 48.6 Å². The molecule has 148 valence electrons. The minimum Gasteiger partial charge on any atom is -0.512 e. The maximum Gasteiger partial charge on any atom is 2.00 e. The molecule has 4 heteroatoms. The zero-order chi connectivity index (χ0) is 18.8. The summed E-state index contributed by atoms with van der Waals surface area (Å²) in [6.07, 6.45) is 15.1. The second-order valence-electron chi connectivity index (χ2n) is 5.87. The second-order valence-corrected chi connectivity index (χ2v) is 5.87. The van der Waals surface area contributed by atoms with Crippen LogP contribution in [0.3, 0.4) is 0 Å². The molecule has 0 bridgehead atoms. The molecule has 2 N–H and O–H groups in total. The molecule has 2 aromatic rings. The van der Waals surface area contributed by atoms with Crippen molar-refractivity contribution in [1.29, 1.82) is 0 Å². The molecule has 0 aromatic heterocycles. The van der Waals surface area contributed by atoms with E-state index in [2.05, 4.69) is 48.5 Å². The summed E-state index contributed by atoms with van der Waals surface area (Å²) in [6.45, 7) is 3.35. The first kappa shape index (κ1) is 25.8. The van der Waals surface area contributed by atoms with Crippen molar-refractivity contribution in [1.82, 2.24) is 0 Å². The average molecular weight is 456 g/mol. The monoisotopic (exact) mass is 456 g/mol. The summed E-state index contributed by atoms with van der Waals surface area (Å²) >= 11 is 0. The standard InChI is InChI=1S/C10H8.2C7H8O.2Fe/c1-2-6-9(5-1)10-7-3-4-8-10;2*1-6(8)7-4-2-3-5-7;;/h1-8H;2*2-5,8H,1H3;;/q-2;;;;+2. The van der Waals surface area contributed by atoms with Crippen LogP contribution in [0.1, 0.15) is 13.8 Å². The van der Waals surface area contributed by atoms with E-state index in [1.54, 1.807) is 13.8 Å². The third kappa shape index (κ3) is 8.64. The first-order valence-corrected chi connectivity index (χ1v) is 8.51. The Hall–Kier alpha value is -2.22. The van der Waals surface area contributed by atoms with Crippen LogP contribution in [0.5, 0.6) is 0 Å². The molecule has 2 nitrogen and oxygen atoms in total. The molecule has 0 unspecified atom stereocenters. The smallest absolute Gasteiger partial charge is 0.512 e. The molecule has 0 spiro atoms. The van der Waals surface area contributed by atoms with Gasteiger partial charge in [0.05, 0.1) is 11.5 Å². The van der Waals surface area contributed by atoms with Gasteiger partial charge < -0.3 is 10.2 Å². The van der Waals surface area contributed by atoms with Crippen molar-refractivity contribution >= 4 is 0 Å². The normalized spacial score (nSPS) is 12.4. The van der Waals surface area contributed by atoms with Gasteiger partial charge in [-0.3, -0.25) is 0 Å². The Morgan fingerprint density at radius 1 is 0.607 bits per heavy atom. The molecule has 0 aliphatic heterocycles. The van der Waals surface area contributed by atoms with Gasteiger partial charge in [0, 0.05) is 28.2 Å². The van der Waals surface area contributed by atoms with Crippen LogP contribution in [-0.4, -0.2) is 10.2 Å². The van der Waals surface area contributed by atoms with Gasteiger partial charge in [-0.2, -0.15) is 59.7 Å². The SMILES string of the molecule is CC(O)=C1C=CC=C1.CC(O)=C1C=CC=C1.[Fe+2].[Fe].c1cc[c-](-[c-]2cccc2)c1. The molecule has 2 aromatic carbocycles. The van der Waals surface area contributed by atoms with Crippen molar-refractivity contribution in [3.8, 4) is 11.1 Å². The van der Waals surface area contributed by atoms with Gasteiger partial charge in [0.1, 0.15) is 0 Å². The molecule has 0 saturated carbocycles. The van der Waals surface area contributed by atoms with Gasteiger partial charge in [-0.25, -0.2) is 0 Å². The second kappa shape index (κ2) is 13.9. The molecule has 0 heterocycles. The summed E-state index contributed by atoms with van der Waals surface area (Å²) in [4.78, 5) is 0. The third-order valence-corrected chi connectivity index (χ3v) is 3.82. The Morgan fingerprint density at radius 2 is 0.857 bits per heavy atom. The van der Waals surface area contributed by atoms with E-state index in [4.69, 9.17) is 10.2 Å². The largest absolute Gasteiger partial charge is 2.00 e. The number of rotatable bonds is 1. The van der Waals surface area contributed by atoms with Crippen molar-refractivity contribution in [3.05, 3.63) is 120 Å². The zero-order valence-corrected chi connectivity index (χ0v) is 18.0. The molecule has 0 atom stereocenters. The number of allylic oxidation sites excluding steroid dienone is 12. The van der Waals surface area contributed by atoms with E-state index in [1.165, 1.54) is 11.1 Å². The molecule has 2 aliphatic rings. The van der Waals surface area contributed by atoms with Crippen LogP contribution in [-0.2, 0) is 34.1 Å². The molecule has 0 amide bonds. The van der Waals surface area contributed by atoms with Crippen LogP contribution in [0, 0.1) is 0 Å². The molecule has 4 rings (SSSR count). The Bertz CT molecular complexity index is 750. The fraction of sp³-hybridized carbons (Fsp3) is 0.0833. The molecule has 2 aliphatic carbocycles. The number of hydrogen-bond acceptors (Lipinski definition) is 2. The van der Waals surface area contributed by atoms with Crippen LogP contribution in [0.4, 0.5) is 0 Å². The van der Waals surface area contributed by atoms with Crippen molar-refractivity contribution in [2.24, 2.45) is 0 Å². The van der Waals surface area contributed by atoms with Gasteiger partial charge in [0.25, 0.3) is 0 Å². The first-order chi connectivity index (χ1) is 12.6. The van der Waals surface area contributed by atoms with Crippen LogP contribution in [0.25, 0.3) is 11.1 Å². The van der Waals surface area contributed by atoms with Crippen LogP contribution < -0.4 is 0 Å². The Balaban J connectivity index is 0.000000381. The van der Waals surface area contributed by atoms with Crippen LogP contribution in [0.15, 0.2) is 120 Å². The van der Waals surface area contributed by atoms with Crippen LogP contribution >= 0.6 is 0 Å². The summed E-state index contributed by atoms with van der Waals surface area (Å²) in [7, 11) is 0. The van der Waals surface area contributed by atoms with Crippen molar-refractivity contribution in [2.45, 2.75) is 13.8 Å².